The van der Waals surface area contributed by atoms with Gasteiger partial charge in [-0.2, -0.15) is 0 Å². The van der Waals surface area contributed by atoms with Crippen molar-refractivity contribution in [1.29, 1.82) is 0 Å². The molecule has 95 heavy (non-hydrogen) atoms. The first-order chi connectivity index (χ1) is 45.7. The molecular formula is C70H131O24P. The fourth-order valence-electron chi connectivity index (χ4n) is 12.6. The first-order valence-electron chi connectivity index (χ1n) is 37.2. The molecule has 560 valence electrons. The SMILES string of the molecule is CCCCCCCCCCCCCCCC(=O)OCC1OC(OC2C(O)C(O)C(O)C(OC3OC(CO)C(O)C(O)C3O)C2OP(=O)(O)OCC(COC(=O)CCCCCCCCCCCCC)OC(=O)CCCCCCCCC(C)CCCCCCCC)C(O)C(O)C1O. The molecule has 0 spiro atoms. The molecule has 3 aliphatic rings. The number of phosphoric acid groups is 1. The number of hydrogen-bond donors (Lipinski definition) is 11. The molecule has 19 atom stereocenters. The summed E-state index contributed by atoms with van der Waals surface area (Å²) < 4.78 is 65.0. The van der Waals surface area contributed by atoms with Crippen molar-refractivity contribution in [1.82, 2.24) is 0 Å². The number of ether oxygens (including phenoxy) is 7. The molecule has 2 aliphatic heterocycles. The molecule has 24 nitrogen and oxygen atoms in total. The van der Waals surface area contributed by atoms with Crippen molar-refractivity contribution in [2.45, 2.75) is 395 Å². The van der Waals surface area contributed by atoms with Gasteiger partial charge in [-0.3, -0.25) is 23.4 Å². The predicted octanol–water partition coefficient (Wildman–Crippen LogP) is 9.65. The topological polar surface area (TPSA) is 374 Å². The predicted molar refractivity (Wildman–Crippen MR) is 356 cm³/mol. The van der Waals surface area contributed by atoms with E-state index in [9.17, 15) is 74.9 Å². The zero-order valence-corrected chi connectivity index (χ0v) is 59.3. The molecule has 25 heteroatoms. The molecule has 3 fully saturated rings. The van der Waals surface area contributed by atoms with E-state index in [0.29, 0.717) is 25.2 Å². The highest BCUT2D eigenvalue weighted by Crippen LogP contribution is 2.49. The molecule has 3 rings (SSSR count). The van der Waals surface area contributed by atoms with Crippen molar-refractivity contribution in [3.8, 4) is 0 Å². The fourth-order valence-corrected chi connectivity index (χ4v) is 13.6. The molecule has 1 aliphatic carbocycles. The number of hydrogen-bond acceptors (Lipinski definition) is 23. The van der Waals surface area contributed by atoms with Crippen LogP contribution in [0.5, 0.6) is 0 Å². The summed E-state index contributed by atoms with van der Waals surface area (Å²) in [6.07, 6.45) is 6.20. The second kappa shape index (κ2) is 52.0. The summed E-state index contributed by atoms with van der Waals surface area (Å²) in [5.74, 6) is -1.30. The molecule has 0 radical (unpaired) electrons. The van der Waals surface area contributed by atoms with Gasteiger partial charge in [0.1, 0.15) is 98.7 Å². The first-order valence-corrected chi connectivity index (χ1v) is 38.7. The summed E-state index contributed by atoms with van der Waals surface area (Å²) in [5.41, 5.74) is 0. The molecule has 11 N–H and O–H groups in total. The molecule has 19 unspecified atom stereocenters. The Kier molecular flexibility index (Phi) is 47.7. The van der Waals surface area contributed by atoms with Gasteiger partial charge < -0.3 is 89.1 Å². The average Bonchev–Trinajstić information content (AvgIpc) is 0.765. The summed E-state index contributed by atoms with van der Waals surface area (Å²) in [6, 6.07) is 0. The van der Waals surface area contributed by atoms with Gasteiger partial charge in [-0.05, 0) is 25.2 Å². The van der Waals surface area contributed by atoms with E-state index in [1.165, 1.54) is 128 Å². The normalized spacial score (nSPS) is 28.4. The van der Waals surface area contributed by atoms with E-state index in [2.05, 4.69) is 27.7 Å². The van der Waals surface area contributed by atoms with E-state index in [1.54, 1.807) is 0 Å². The van der Waals surface area contributed by atoms with E-state index < -0.39 is 156 Å². The lowest BCUT2D eigenvalue weighted by molar-refractivity contribution is -0.360. The van der Waals surface area contributed by atoms with Crippen molar-refractivity contribution in [2.24, 2.45) is 5.92 Å². The minimum Gasteiger partial charge on any atom is -0.463 e. The Labute approximate surface area is 568 Å². The first kappa shape index (κ1) is 87.2. The van der Waals surface area contributed by atoms with Crippen LogP contribution in [0.1, 0.15) is 291 Å². The Morgan fingerprint density at radius 3 is 1.14 bits per heavy atom. The van der Waals surface area contributed by atoms with Gasteiger partial charge in [0, 0.05) is 19.3 Å². The largest absolute Gasteiger partial charge is 0.472 e. The van der Waals surface area contributed by atoms with E-state index in [0.717, 1.165) is 96.3 Å². The van der Waals surface area contributed by atoms with Gasteiger partial charge in [0.2, 0.25) is 0 Å². The quantitative estimate of drug-likeness (QED) is 0.0117. The summed E-state index contributed by atoms with van der Waals surface area (Å²) in [4.78, 5) is 50.9. The molecule has 2 saturated heterocycles. The second-order valence-corrected chi connectivity index (χ2v) is 28.7. The highest BCUT2D eigenvalue weighted by atomic mass is 31.2. The summed E-state index contributed by atoms with van der Waals surface area (Å²) in [6.45, 7) is 5.75. The van der Waals surface area contributed by atoms with Crippen molar-refractivity contribution in [3.05, 3.63) is 0 Å². The van der Waals surface area contributed by atoms with Crippen LogP contribution in [-0.2, 0) is 61.2 Å². The lowest BCUT2D eigenvalue weighted by Crippen LogP contribution is -2.69. The van der Waals surface area contributed by atoms with Crippen LogP contribution < -0.4 is 0 Å². The van der Waals surface area contributed by atoms with Crippen molar-refractivity contribution in [2.75, 3.05) is 26.4 Å². The van der Waals surface area contributed by atoms with E-state index >= 15 is 0 Å². The number of aliphatic hydroxyl groups is 10. The Morgan fingerprint density at radius 2 is 0.737 bits per heavy atom. The van der Waals surface area contributed by atoms with E-state index in [1.807, 2.05) is 0 Å². The Hall–Kier alpha value is -2.04. The van der Waals surface area contributed by atoms with Crippen LogP contribution >= 0.6 is 7.82 Å². The van der Waals surface area contributed by atoms with Crippen LogP contribution in [-0.4, -0.2) is 204 Å². The highest BCUT2D eigenvalue weighted by Gasteiger charge is 2.58. The van der Waals surface area contributed by atoms with Crippen molar-refractivity contribution in [3.63, 3.8) is 0 Å². The summed E-state index contributed by atoms with van der Waals surface area (Å²) in [5, 5.41) is 110. The molecule has 0 aromatic carbocycles. The maximum atomic E-state index is 14.3. The van der Waals surface area contributed by atoms with Crippen LogP contribution in [0.15, 0.2) is 0 Å². The van der Waals surface area contributed by atoms with Gasteiger partial charge >= 0.3 is 25.7 Å². The summed E-state index contributed by atoms with van der Waals surface area (Å²) in [7, 11) is -5.69. The van der Waals surface area contributed by atoms with Gasteiger partial charge in [-0.1, -0.05) is 252 Å². The van der Waals surface area contributed by atoms with E-state index in [-0.39, 0.29) is 19.3 Å². The number of aliphatic hydroxyl groups excluding tert-OH is 10. The van der Waals surface area contributed by atoms with Crippen molar-refractivity contribution >= 4 is 25.7 Å². The van der Waals surface area contributed by atoms with Gasteiger partial charge in [0.25, 0.3) is 0 Å². The third-order valence-corrected chi connectivity index (χ3v) is 19.8. The van der Waals surface area contributed by atoms with Crippen LogP contribution in [0.4, 0.5) is 0 Å². The fraction of sp³-hybridized carbons (Fsp3) is 0.957. The standard InChI is InChI=1S/C70H131O24P/c1-5-8-11-14-17-19-21-22-24-26-28-34-39-44-55(73)87-49-53-58(76)60(78)65(83)70(91-53)93-67-63(81)61(79)62(80)66(92-69-64(82)59(77)57(75)52(46-71)90-69)68(67)94-95(84,85)88-48-51(47-86-54(72)43-38-33-27-25-23-20-18-15-12-9-6-2)89-56(74)45-40-35-30-29-32-37-42-50(4)41-36-31-16-13-10-7-3/h50-53,57-71,75-83H,5-49H2,1-4H3,(H,84,85). The molecule has 2 heterocycles. The number of carbonyl (C=O) groups excluding carboxylic acids is 3. The van der Waals surface area contributed by atoms with E-state index in [4.69, 9.17) is 42.2 Å². The molecular weight excluding hydrogens is 1260 g/mol. The lowest BCUT2D eigenvalue weighted by atomic mass is 9.84. The van der Waals surface area contributed by atoms with Crippen LogP contribution in [0.3, 0.4) is 0 Å². The molecule has 0 aromatic heterocycles. The van der Waals surface area contributed by atoms with Gasteiger partial charge in [-0.25, -0.2) is 4.57 Å². The number of esters is 3. The zero-order chi connectivity index (χ0) is 69.8. The number of unbranched alkanes of at least 4 members (excludes halogenated alkanes) is 32. The smallest absolute Gasteiger partial charge is 0.463 e. The monoisotopic (exact) mass is 1390 g/mol. The maximum Gasteiger partial charge on any atom is 0.472 e. The average molecular weight is 1390 g/mol. The van der Waals surface area contributed by atoms with Crippen LogP contribution in [0.25, 0.3) is 0 Å². The Bertz CT molecular complexity index is 1990. The van der Waals surface area contributed by atoms with Gasteiger partial charge in [0.15, 0.2) is 18.7 Å². The third kappa shape index (κ3) is 35.9. The number of rotatable bonds is 57. The minimum atomic E-state index is -5.69. The lowest BCUT2D eigenvalue weighted by Gasteiger charge is -2.49. The minimum absolute atomic E-state index is 0.0330. The van der Waals surface area contributed by atoms with Crippen LogP contribution in [0, 0.1) is 5.92 Å². The Balaban J connectivity index is 1.75. The molecule has 0 aromatic rings. The summed E-state index contributed by atoms with van der Waals surface area (Å²) >= 11 is 0. The number of phosphoric ester groups is 1. The maximum absolute atomic E-state index is 14.3. The van der Waals surface area contributed by atoms with Gasteiger partial charge in [0.05, 0.1) is 13.2 Å². The van der Waals surface area contributed by atoms with Crippen molar-refractivity contribution < 1.29 is 117 Å². The molecule has 0 amide bonds. The zero-order valence-electron chi connectivity index (χ0n) is 58.4. The highest BCUT2D eigenvalue weighted by molar-refractivity contribution is 7.47. The van der Waals surface area contributed by atoms with Crippen LogP contribution in [0.2, 0.25) is 0 Å². The molecule has 0 bridgehead atoms. The molecule has 1 saturated carbocycles. The van der Waals surface area contributed by atoms with Gasteiger partial charge in [-0.15, -0.1) is 0 Å². The number of carbonyl (C=O) groups is 3. The third-order valence-electron chi connectivity index (χ3n) is 18.8. The Morgan fingerprint density at radius 1 is 0.400 bits per heavy atom. The second-order valence-electron chi connectivity index (χ2n) is 27.3.